The lowest BCUT2D eigenvalue weighted by Gasteiger charge is -2.23. The average Bonchev–Trinajstić information content (AvgIpc) is 2.60. The highest BCUT2D eigenvalue weighted by molar-refractivity contribution is 5.93. The van der Waals surface area contributed by atoms with Crippen LogP contribution in [0, 0.1) is 19.7 Å². The van der Waals surface area contributed by atoms with Crippen LogP contribution in [0.4, 0.5) is 10.1 Å². The molecule has 2 amide bonds. The Balaban J connectivity index is 1.86. The molecule has 0 fully saturated rings. The lowest BCUT2D eigenvalue weighted by Crippen LogP contribution is -2.34. The highest BCUT2D eigenvalue weighted by Crippen LogP contribution is 2.23. The third kappa shape index (κ3) is 5.41. The second kappa shape index (κ2) is 9.13. The molecule has 0 radical (unpaired) electrons. The standard InChI is InChI=1S/C21H25FN2O2/c1-15-5-4-6-20(16(15)2)24(17(3)25)14-12-21(26)23-13-11-18-7-9-19(22)10-8-18/h4-10H,11-14H2,1-3H3,(H,23,26). The first kappa shape index (κ1) is 19.6. The molecule has 0 bridgehead atoms. The van der Waals surface area contributed by atoms with Gasteiger partial charge in [-0.05, 0) is 55.2 Å². The largest absolute Gasteiger partial charge is 0.356 e. The smallest absolute Gasteiger partial charge is 0.223 e. The van der Waals surface area contributed by atoms with Gasteiger partial charge in [0, 0.05) is 32.1 Å². The molecular weight excluding hydrogens is 331 g/mol. The molecule has 0 atom stereocenters. The van der Waals surface area contributed by atoms with Crippen molar-refractivity contribution in [2.75, 3.05) is 18.0 Å². The van der Waals surface area contributed by atoms with Crippen molar-refractivity contribution in [3.8, 4) is 0 Å². The van der Waals surface area contributed by atoms with E-state index in [2.05, 4.69) is 5.32 Å². The number of benzene rings is 2. The molecule has 4 nitrogen and oxygen atoms in total. The van der Waals surface area contributed by atoms with Crippen LogP contribution in [-0.2, 0) is 16.0 Å². The molecule has 2 aromatic rings. The van der Waals surface area contributed by atoms with E-state index in [4.69, 9.17) is 0 Å². The van der Waals surface area contributed by atoms with Crippen molar-refractivity contribution in [2.45, 2.75) is 33.6 Å². The Morgan fingerprint density at radius 2 is 1.77 bits per heavy atom. The summed E-state index contributed by atoms with van der Waals surface area (Å²) in [5.74, 6) is -0.463. The molecule has 0 spiro atoms. The molecule has 0 unspecified atom stereocenters. The Morgan fingerprint density at radius 3 is 2.42 bits per heavy atom. The molecule has 5 heteroatoms. The molecule has 26 heavy (non-hydrogen) atoms. The normalized spacial score (nSPS) is 10.5. The molecule has 2 rings (SSSR count). The van der Waals surface area contributed by atoms with Crippen molar-refractivity contribution < 1.29 is 14.0 Å². The van der Waals surface area contributed by atoms with Gasteiger partial charge in [-0.25, -0.2) is 4.39 Å². The van der Waals surface area contributed by atoms with Crippen LogP contribution in [0.25, 0.3) is 0 Å². The number of halogens is 1. The summed E-state index contributed by atoms with van der Waals surface area (Å²) in [6.45, 7) is 6.30. The maximum atomic E-state index is 12.9. The van der Waals surface area contributed by atoms with Gasteiger partial charge >= 0.3 is 0 Å². The minimum absolute atomic E-state index is 0.0854. The minimum atomic E-state index is -0.270. The van der Waals surface area contributed by atoms with Crippen LogP contribution in [-0.4, -0.2) is 24.9 Å². The topological polar surface area (TPSA) is 49.4 Å². The number of carbonyl (C=O) groups excluding carboxylic acids is 2. The Labute approximate surface area is 154 Å². The minimum Gasteiger partial charge on any atom is -0.356 e. The van der Waals surface area contributed by atoms with Crippen molar-refractivity contribution in [3.63, 3.8) is 0 Å². The number of hydrogen-bond acceptors (Lipinski definition) is 2. The van der Waals surface area contributed by atoms with Gasteiger partial charge in [0.25, 0.3) is 0 Å². The van der Waals surface area contributed by atoms with Gasteiger partial charge in [-0.15, -0.1) is 0 Å². The molecule has 0 saturated carbocycles. The van der Waals surface area contributed by atoms with Gasteiger partial charge in [-0.1, -0.05) is 24.3 Å². The summed E-state index contributed by atoms with van der Waals surface area (Å²) in [4.78, 5) is 25.7. The number of nitrogens with zero attached hydrogens (tertiary/aromatic N) is 1. The lowest BCUT2D eigenvalue weighted by atomic mass is 10.1. The molecule has 0 saturated heterocycles. The fourth-order valence-corrected chi connectivity index (χ4v) is 2.77. The Kier molecular flexibility index (Phi) is 6.89. The van der Waals surface area contributed by atoms with Gasteiger partial charge in [0.05, 0.1) is 0 Å². The summed E-state index contributed by atoms with van der Waals surface area (Å²) < 4.78 is 12.9. The van der Waals surface area contributed by atoms with Gasteiger partial charge < -0.3 is 10.2 Å². The van der Waals surface area contributed by atoms with Crippen LogP contribution >= 0.6 is 0 Å². The number of hydrogen-bond donors (Lipinski definition) is 1. The van der Waals surface area contributed by atoms with Gasteiger partial charge in [0.15, 0.2) is 0 Å². The van der Waals surface area contributed by atoms with Gasteiger partial charge in [-0.3, -0.25) is 9.59 Å². The number of rotatable bonds is 7. The fourth-order valence-electron chi connectivity index (χ4n) is 2.77. The zero-order valence-corrected chi connectivity index (χ0v) is 15.5. The second-order valence-electron chi connectivity index (χ2n) is 6.37. The van der Waals surface area contributed by atoms with E-state index < -0.39 is 0 Å². The van der Waals surface area contributed by atoms with E-state index in [1.54, 1.807) is 17.0 Å². The van der Waals surface area contributed by atoms with Gasteiger partial charge in [0.2, 0.25) is 11.8 Å². The van der Waals surface area contributed by atoms with Gasteiger partial charge in [-0.2, -0.15) is 0 Å². The van der Waals surface area contributed by atoms with E-state index in [0.29, 0.717) is 19.5 Å². The fraction of sp³-hybridized carbons (Fsp3) is 0.333. The number of nitrogens with one attached hydrogen (secondary N) is 1. The number of carbonyl (C=O) groups is 2. The maximum Gasteiger partial charge on any atom is 0.223 e. The molecule has 138 valence electrons. The quantitative estimate of drug-likeness (QED) is 0.825. The van der Waals surface area contributed by atoms with Crippen molar-refractivity contribution in [3.05, 3.63) is 65.0 Å². The summed E-state index contributed by atoms with van der Waals surface area (Å²) in [7, 11) is 0. The Hall–Kier alpha value is -2.69. The third-order valence-corrected chi connectivity index (χ3v) is 4.46. The van der Waals surface area contributed by atoms with Crippen LogP contribution in [0.15, 0.2) is 42.5 Å². The van der Waals surface area contributed by atoms with Crippen molar-refractivity contribution >= 4 is 17.5 Å². The van der Waals surface area contributed by atoms with Crippen molar-refractivity contribution in [1.29, 1.82) is 0 Å². The summed E-state index contributed by atoms with van der Waals surface area (Å²) in [5.41, 5.74) is 3.96. The van der Waals surface area contributed by atoms with E-state index in [0.717, 1.165) is 22.4 Å². The average molecular weight is 356 g/mol. The van der Waals surface area contributed by atoms with E-state index >= 15 is 0 Å². The summed E-state index contributed by atoms with van der Waals surface area (Å²) in [6, 6.07) is 12.0. The molecular formula is C21H25FN2O2. The number of aryl methyl sites for hydroxylation is 1. The van der Waals surface area contributed by atoms with E-state index in [-0.39, 0.29) is 24.1 Å². The second-order valence-corrected chi connectivity index (χ2v) is 6.37. The third-order valence-electron chi connectivity index (χ3n) is 4.46. The van der Waals surface area contributed by atoms with Crippen LogP contribution < -0.4 is 10.2 Å². The molecule has 0 aliphatic carbocycles. The molecule has 0 aliphatic rings. The highest BCUT2D eigenvalue weighted by Gasteiger charge is 2.16. The Bertz CT molecular complexity index is 772. The Morgan fingerprint density at radius 1 is 1.08 bits per heavy atom. The zero-order chi connectivity index (χ0) is 19.1. The predicted octanol–water partition coefficient (Wildman–Crippen LogP) is 3.54. The van der Waals surface area contributed by atoms with Crippen molar-refractivity contribution in [1.82, 2.24) is 5.32 Å². The first-order valence-electron chi connectivity index (χ1n) is 8.74. The summed E-state index contributed by atoms with van der Waals surface area (Å²) in [6.07, 6.45) is 0.871. The van der Waals surface area contributed by atoms with Crippen LogP contribution in [0.2, 0.25) is 0 Å². The van der Waals surface area contributed by atoms with Gasteiger partial charge in [0.1, 0.15) is 5.82 Å². The number of amides is 2. The van der Waals surface area contributed by atoms with E-state index in [1.165, 1.54) is 19.1 Å². The summed E-state index contributed by atoms with van der Waals surface area (Å²) in [5, 5.41) is 2.85. The first-order valence-corrected chi connectivity index (χ1v) is 8.74. The molecule has 1 N–H and O–H groups in total. The van der Waals surface area contributed by atoms with E-state index in [1.807, 2.05) is 32.0 Å². The SMILES string of the molecule is CC(=O)N(CCC(=O)NCCc1ccc(F)cc1)c1cccc(C)c1C. The molecule has 0 aliphatic heterocycles. The lowest BCUT2D eigenvalue weighted by molar-refractivity contribution is -0.121. The van der Waals surface area contributed by atoms with E-state index in [9.17, 15) is 14.0 Å². The van der Waals surface area contributed by atoms with Crippen molar-refractivity contribution in [2.24, 2.45) is 0 Å². The molecule has 0 aromatic heterocycles. The van der Waals surface area contributed by atoms with Crippen LogP contribution in [0.3, 0.4) is 0 Å². The monoisotopic (exact) mass is 356 g/mol. The first-order chi connectivity index (χ1) is 12.4. The maximum absolute atomic E-state index is 12.9. The summed E-state index contributed by atoms with van der Waals surface area (Å²) >= 11 is 0. The number of anilines is 1. The van der Waals surface area contributed by atoms with Crippen LogP contribution in [0.5, 0.6) is 0 Å². The zero-order valence-electron chi connectivity index (χ0n) is 15.5. The highest BCUT2D eigenvalue weighted by atomic mass is 19.1. The molecule has 0 heterocycles. The van der Waals surface area contributed by atoms with Crippen LogP contribution in [0.1, 0.15) is 30.0 Å². The predicted molar refractivity (Wildman–Crippen MR) is 102 cm³/mol. The molecule has 2 aromatic carbocycles.